The predicted octanol–water partition coefficient (Wildman–Crippen LogP) is 2.35. The Hall–Kier alpha value is -0.710. The first-order valence-electron chi connectivity index (χ1n) is 5.61. The predicted molar refractivity (Wildman–Crippen MR) is 73.9 cm³/mol. The molecule has 1 aromatic carbocycles. The quantitative estimate of drug-likeness (QED) is 0.654. The van der Waals surface area contributed by atoms with Crippen molar-refractivity contribution < 1.29 is 4.79 Å². The molecular weight excluding hydrogens is 256 g/mol. The summed E-state index contributed by atoms with van der Waals surface area (Å²) in [5.41, 5.74) is 4.24. The first-order chi connectivity index (χ1) is 8.27. The third-order valence-electron chi connectivity index (χ3n) is 2.97. The summed E-state index contributed by atoms with van der Waals surface area (Å²) in [6, 6.07) is 2.02. The summed E-state index contributed by atoms with van der Waals surface area (Å²) in [7, 11) is 1.83. The van der Waals surface area contributed by atoms with Crippen molar-refractivity contribution in [2.24, 2.45) is 0 Å². The topological polar surface area (TPSA) is 41.1 Å². The van der Waals surface area contributed by atoms with Crippen LogP contribution in [0.25, 0.3) is 0 Å². The largest absolute Gasteiger partial charge is 0.386 e. The van der Waals surface area contributed by atoms with Gasteiger partial charge in [0, 0.05) is 11.9 Å². The van der Waals surface area contributed by atoms with Crippen LogP contribution >= 0.6 is 23.4 Å². The second-order valence-corrected chi connectivity index (χ2v) is 5.16. The van der Waals surface area contributed by atoms with Crippen LogP contribution in [0.2, 0.25) is 5.02 Å². The Kier molecular flexibility index (Phi) is 4.31. The number of nitrogens with one attached hydrogen (secondary N) is 2. The first kappa shape index (κ1) is 12.7. The Morgan fingerprint density at radius 2 is 2.24 bits per heavy atom. The minimum atomic E-state index is 0.692. The van der Waals surface area contributed by atoms with Crippen molar-refractivity contribution in [2.45, 2.75) is 17.7 Å². The van der Waals surface area contributed by atoms with Gasteiger partial charge in [-0.25, -0.2) is 0 Å². The SMILES string of the molecule is CNc1c(Cl)cc2c(c1SC=O)CCNCC2. The van der Waals surface area contributed by atoms with E-state index in [1.807, 2.05) is 13.1 Å². The van der Waals surface area contributed by atoms with Crippen molar-refractivity contribution >= 4 is 34.7 Å². The van der Waals surface area contributed by atoms with E-state index in [2.05, 4.69) is 10.6 Å². The van der Waals surface area contributed by atoms with Crippen molar-refractivity contribution in [1.82, 2.24) is 5.32 Å². The van der Waals surface area contributed by atoms with Gasteiger partial charge < -0.3 is 10.6 Å². The van der Waals surface area contributed by atoms with E-state index in [1.165, 1.54) is 22.9 Å². The minimum Gasteiger partial charge on any atom is -0.386 e. The molecule has 0 saturated heterocycles. The van der Waals surface area contributed by atoms with Gasteiger partial charge in [-0.05, 0) is 43.1 Å². The number of hydrogen-bond donors (Lipinski definition) is 2. The molecule has 0 aliphatic carbocycles. The lowest BCUT2D eigenvalue weighted by Crippen LogP contribution is -2.16. The Morgan fingerprint density at radius 3 is 2.94 bits per heavy atom. The number of benzene rings is 1. The molecule has 1 aliphatic rings. The van der Waals surface area contributed by atoms with Crippen LogP contribution in [0, 0.1) is 0 Å². The van der Waals surface area contributed by atoms with Gasteiger partial charge in [0.15, 0.2) is 5.62 Å². The maximum atomic E-state index is 10.8. The van der Waals surface area contributed by atoms with E-state index in [0.717, 1.165) is 42.1 Å². The van der Waals surface area contributed by atoms with Gasteiger partial charge in [-0.2, -0.15) is 0 Å². The van der Waals surface area contributed by atoms with Crippen LogP contribution in [0.15, 0.2) is 11.0 Å². The average molecular weight is 271 g/mol. The average Bonchev–Trinajstić information content (AvgIpc) is 2.54. The zero-order valence-corrected chi connectivity index (χ0v) is 11.3. The standard InChI is InChI=1S/C12H15ClN2OS/c1-14-11-10(13)6-8-2-4-15-5-3-9(8)12(11)17-7-16/h6-7,14-15H,2-5H2,1H3. The number of rotatable bonds is 3. The van der Waals surface area contributed by atoms with Crippen LogP contribution in [0.4, 0.5) is 5.69 Å². The van der Waals surface area contributed by atoms with Crippen LogP contribution in [0.1, 0.15) is 11.1 Å². The van der Waals surface area contributed by atoms with Gasteiger partial charge in [0.05, 0.1) is 10.7 Å². The smallest absolute Gasteiger partial charge is 0.181 e. The first-order valence-corrected chi connectivity index (χ1v) is 6.86. The summed E-state index contributed by atoms with van der Waals surface area (Å²) in [5.74, 6) is 0. The molecule has 3 nitrogen and oxygen atoms in total. The van der Waals surface area contributed by atoms with Gasteiger partial charge >= 0.3 is 0 Å². The lowest BCUT2D eigenvalue weighted by Gasteiger charge is -2.16. The van der Waals surface area contributed by atoms with Gasteiger partial charge in [-0.1, -0.05) is 23.4 Å². The molecule has 0 amide bonds. The maximum absolute atomic E-state index is 10.8. The molecule has 2 rings (SSSR count). The Bertz CT molecular complexity index is 437. The molecule has 1 aromatic rings. The van der Waals surface area contributed by atoms with Crippen molar-refractivity contribution in [1.29, 1.82) is 0 Å². The number of halogens is 1. The number of carbonyl (C=O) groups excluding carboxylic acids is 1. The molecule has 5 heteroatoms. The summed E-state index contributed by atoms with van der Waals surface area (Å²) in [4.78, 5) is 11.8. The molecule has 0 unspecified atom stereocenters. The fourth-order valence-corrected chi connectivity index (χ4v) is 3.37. The highest BCUT2D eigenvalue weighted by molar-refractivity contribution is 8.12. The van der Waals surface area contributed by atoms with Crippen molar-refractivity contribution in [3.8, 4) is 0 Å². The second-order valence-electron chi connectivity index (χ2n) is 3.91. The minimum absolute atomic E-state index is 0.692. The zero-order valence-electron chi connectivity index (χ0n) is 9.68. The van der Waals surface area contributed by atoms with E-state index >= 15 is 0 Å². The summed E-state index contributed by atoms with van der Waals surface area (Å²) in [5, 5.41) is 7.14. The lowest BCUT2D eigenvalue weighted by atomic mass is 10.0. The van der Waals surface area contributed by atoms with E-state index < -0.39 is 0 Å². The van der Waals surface area contributed by atoms with Crippen LogP contribution in [0.5, 0.6) is 0 Å². The normalized spacial score (nSPS) is 14.9. The molecule has 0 bridgehead atoms. The molecule has 0 aromatic heterocycles. The van der Waals surface area contributed by atoms with E-state index in [4.69, 9.17) is 11.6 Å². The molecule has 1 heterocycles. The number of hydrogen-bond acceptors (Lipinski definition) is 4. The second kappa shape index (κ2) is 5.76. The Labute approximate surface area is 110 Å². The molecule has 17 heavy (non-hydrogen) atoms. The summed E-state index contributed by atoms with van der Waals surface area (Å²) in [6.07, 6.45) is 1.91. The number of thioether (sulfide) groups is 1. The number of fused-ring (bicyclic) bond motifs is 1. The Morgan fingerprint density at radius 1 is 1.47 bits per heavy atom. The van der Waals surface area contributed by atoms with E-state index in [-0.39, 0.29) is 0 Å². The highest BCUT2D eigenvalue weighted by Gasteiger charge is 2.18. The molecule has 0 saturated carbocycles. The Balaban J connectivity index is 2.57. The fraction of sp³-hybridized carbons (Fsp3) is 0.417. The molecule has 0 fully saturated rings. The molecule has 92 valence electrons. The molecular formula is C12H15ClN2OS. The highest BCUT2D eigenvalue weighted by Crippen LogP contribution is 2.38. The van der Waals surface area contributed by atoms with Crippen LogP contribution in [0.3, 0.4) is 0 Å². The number of carbonyl (C=O) groups is 1. The fourth-order valence-electron chi connectivity index (χ4n) is 2.19. The summed E-state index contributed by atoms with van der Waals surface area (Å²) in [6.45, 7) is 1.91. The van der Waals surface area contributed by atoms with Crippen molar-refractivity contribution in [2.75, 3.05) is 25.5 Å². The van der Waals surface area contributed by atoms with Crippen molar-refractivity contribution in [3.63, 3.8) is 0 Å². The van der Waals surface area contributed by atoms with Gasteiger partial charge in [-0.3, -0.25) is 4.79 Å². The van der Waals surface area contributed by atoms with Gasteiger partial charge in [-0.15, -0.1) is 0 Å². The number of anilines is 1. The van der Waals surface area contributed by atoms with Gasteiger partial charge in [0.2, 0.25) is 0 Å². The third-order valence-corrected chi connectivity index (χ3v) is 4.05. The van der Waals surface area contributed by atoms with E-state index in [9.17, 15) is 4.79 Å². The van der Waals surface area contributed by atoms with E-state index in [0.29, 0.717) is 5.02 Å². The zero-order chi connectivity index (χ0) is 12.3. The molecule has 0 atom stereocenters. The lowest BCUT2D eigenvalue weighted by molar-refractivity contribution is 0.570. The molecule has 2 N–H and O–H groups in total. The summed E-state index contributed by atoms with van der Waals surface area (Å²) >= 11 is 7.45. The molecule has 1 aliphatic heterocycles. The third kappa shape index (κ3) is 2.59. The van der Waals surface area contributed by atoms with Crippen molar-refractivity contribution in [3.05, 3.63) is 22.2 Å². The molecule has 0 spiro atoms. The molecule has 0 radical (unpaired) electrons. The highest BCUT2D eigenvalue weighted by atomic mass is 35.5. The van der Waals surface area contributed by atoms with Gasteiger partial charge in [0.1, 0.15) is 0 Å². The maximum Gasteiger partial charge on any atom is 0.181 e. The van der Waals surface area contributed by atoms with Crippen LogP contribution < -0.4 is 10.6 Å². The van der Waals surface area contributed by atoms with E-state index in [1.54, 1.807) is 0 Å². The van der Waals surface area contributed by atoms with Crippen LogP contribution in [-0.4, -0.2) is 25.8 Å². The monoisotopic (exact) mass is 270 g/mol. The van der Waals surface area contributed by atoms with Crippen LogP contribution in [-0.2, 0) is 17.6 Å². The summed E-state index contributed by atoms with van der Waals surface area (Å²) < 4.78 is 0. The van der Waals surface area contributed by atoms with Gasteiger partial charge in [0.25, 0.3) is 0 Å².